The molecular weight excluding hydrogens is 396 g/mol. The molecule has 0 bridgehead atoms. The van der Waals surface area contributed by atoms with E-state index < -0.39 is 5.91 Å². The van der Waals surface area contributed by atoms with Gasteiger partial charge in [-0.2, -0.15) is 0 Å². The van der Waals surface area contributed by atoms with E-state index in [9.17, 15) is 9.59 Å². The molecule has 8 nitrogen and oxygen atoms in total. The zero-order valence-corrected chi connectivity index (χ0v) is 17.2. The Hall–Kier alpha value is -2.42. The predicted molar refractivity (Wildman–Crippen MR) is 111 cm³/mol. The first-order chi connectivity index (χ1) is 13.6. The predicted octanol–water partition coefficient (Wildman–Crippen LogP) is 1.63. The SMILES string of the molecule is COCC1(CNC(=O)CNC(=O)c2cc(-c3ccccc3)on2)CCNCC1.Cl. The highest BCUT2D eigenvalue weighted by atomic mass is 35.5. The van der Waals surface area contributed by atoms with E-state index in [-0.39, 0.29) is 36.0 Å². The molecule has 0 spiro atoms. The van der Waals surface area contributed by atoms with Crippen LogP contribution in [-0.4, -0.2) is 56.9 Å². The second kappa shape index (κ2) is 10.9. The summed E-state index contributed by atoms with van der Waals surface area (Å²) in [4.78, 5) is 24.4. The van der Waals surface area contributed by atoms with Crippen molar-refractivity contribution in [1.82, 2.24) is 21.1 Å². The summed E-state index contributed by atoms with van der Waals surface area (Å²) in [5.74, 6) is -0.189. The third-order valence-electron chi connectivity index (χ3n) is 4.99. The number of benzene rings is 1. The average molecular weight is 423 g/mol. The smallest absolute Gasteiger partial charge is 0.273 e. The van der Waals surface area contributed by atoms with Crippen LogP contribution in [0.3, 0.4) is 0 Å². The van der Waals surface area contributed by atoms with Crippen molar-refractivity contribution in [1.29, 1.82) is 0 Å². The highest BCUT2D eigenvalue weighted by molar-refractivity contribution is 5.95. The second-order valence-electron chi connectivity index (χ2n) is 7.08. The maximum absolute atomic E-state index is 12.2. The fraction of sp³-hybridized carbons (Fsp3) is 0.450. The number of nitrogens with one attached hydrogen (secondary N) is 3. The van der Waals surface area contributed by atoms with Crippen LogP contribution in [0.5, 0.6) is 0 Å². The number of halogens is 1. The highest BCUT2D eigenvalue weighted by Gasteiger charge is 2.32. The van der Waals surface area contributed by atoms with Crippen molar-refractivity contribution >= 4 is 24.2 Å². The van der Waals surface area contributed by atoms with Crippen LogP contribution in [0, 0.1) is 5.41 Å². The lowest BCUT2D eigenvalue weighted by molar-refractivity contribution is -0.121. The number of piperidine rings is 1. The zero-order chi connectivity index (χ0) is 19.8. The number of ether oxygens (including phenoxy) is 1. The van der Waals surface area contributed by atoms with Gasteiger partial charge in [0.15, 0.2) is 11.5 Å². The van der Waals surface area contributed by atoms with E-state index in [1.807, 2.05) is 30.3 Å². The summed E-state index contributed by atoms with van der Waals surface area (Å²) in [5, 5.41) is 12.6. The van der Waals surface area contributed by atoms with Crippen LogP contribution >= 0.6 is 12.4 Å². The third kappa shape index (κ3) is 6.28. The van der Waals surface area contributed by atoms with Gasteiger partial charge in [-0.05, 0) is 25.9 Å². The van der Waals surface area contributed by atoms with Crippen molar-refractivity contribution in [2.24, 2.45) is 5.41 Å². The fourth-order valence-electron chi connectivity index (χ4n) is 3.36. The Morgan fingerprint density at radius 1 is 1.21 bits per heavy atom. The number of rotatable bonds is 8. The summed E-state index contributed by atoms with van der Waals surface area (Å²) in [6.45, 7) is 2.83. The van der Waals surface area contributed by atoms with Gasteiger partial charge >= 0.3 is 0 Å². The molecule has 2 aromatic rings. The maximum Gasteiger partial charge on any atom is 0.273 e. The summed E-state index contributed by atoms with van der Waals surface area (Å²) >= 11 is 0. The van der Waals surface area contributed by atoms with E-state index in [2.05, 4.69) is 21.1 Å². The quantitative estimate of drug-likeness (QED) is 0.597. The molecular formula is C20H27ClN4O4. The summed E-state index contributed by atoms with van der Waals surface area (Å²) in [6, 6.07) is 10.9. The molecule has 3 rings (SSSR count). The zero-order valence-electron chi connectivity index (χ0n) is 16.4. The molecule has 1 aromatic carbocycles. The Labute approximate surface area is 176 Å². The fourth-order valence-corrected chi connectivity index (χ4v) is 3.36. The minimum Gasteiger partial charge on any atom is -0.384 e. The van der Waals surface area contributed by atoms with E-state index in [1.54, 1.807) is 13.2 Å². The number of carbonyl (C=O) groups excluding carboxylic acids is 2. The Kier molecular flexibility index (Phi) is 8.63. The monoisotopic (exact) mass is 422 g/mol. The molecule has 0 radical (unpaired) electrons. The topological polar surface area (TPSA) is 105 Å². The van der Waals surface area contributed by atoms with Crippen molar-refractivity contribution in [2.75, 3.05) is 39.9 Å². The third-order valence-corrected chi connectivity index (χ3v) is 4.99. The van der Waals surface area contributed by atoms with Crippen molar-refractivity contribution in [2.45, 2.75) is 12.8 Å². The number of methoxy groups -OCH3 is 1. The lowest BCUT2D eigenvalue weighted by atomic mass is 9.79. The van der Waals surface area contributed by atoms with E-state index in [1.165, 1.54) is 0 Å². The van der Waals surface area contributed by atoms with Crippen LogP contribution in [0.15, 0.2) is 40.9 Å². The first kappa shape index (κ1) is 22.9. The highest BCUT2D eigenvalue weighted by Crippen LogP contribution is 2.28. The molecule has 1 fully saturated rings. The van der Waals surface area contributed by atoms with Crippen molar-refractivity contribution in [3.8, 4) is 11.3 Å². The van der Waals surface area contributed by atoms with E-state index >= 15 is 0 Å². The molecule has 29 heavy (non-hydrogen) atoms. The summed E-state index contributed by atoms with van der Waals surface area (Å²) in [7, 11) is 1.67. The van der Waals surface area contributed by atoms with Crippen molar-refractivity contribution in [3.05, 3.63) is 42.1 Å². The van der Waals surface area contributed by atoms with Crippen LogP contribution in [-0.2, 0) is 9.53 Å². The van der Waals surface area contributed by atoms with Gasteiger partial charge in [0.25, 0.3) is 5.91 Å². The molecule has 0 atom stereocenters. The number of hydrogen-bond donors (Lipinski definition) is 3. The lowest BCUT2D eigenvalue weighted by Crippen LogP contribution is -2.48. The Morgan fingerprint density at radius 3 is 2.62 bits per heavy atom. The van der Waals surface area contributed by atoms with Crippen molar-refractivity contribution < 1.29 is 18.8 Å². The Morgan fingerprint density at radius 2 is 1.93 bits per heavy atom. The Bertz CT molecular complexity index is 785. The van der Waals surface area contributed by atoms with Gasteiger partial charge in [-0.3, -0.25) is 9.59 Å². The molecule has 1 aromatic heterocycles. The van der Waals surface area contributed by atoms with E-state index in [0.29, 0.717) is 18.9 Å². The van der Waals surface area contributed by atoms with Crippen LogP contribution in [0.1, 0.15) is 23.3 Å². The first-order valence-corrected chi connectivity index (χ1v) is 9.39. The number of amides is 2. The summed E-state index contributed by atoms with van der Waals surface area (Å²) in [5.41, 5.74) is 0.911. The molecule has 1 saturated heterocycles. The largest absolute Gasteiger partial charge is 0.384 e. The lowest BCUT2D eigenvalue weighted by Gasteiger charge is -2.37. The molecule has 2 amide bonds. The van der Waals surface area contributed by atoms with Gasteiger partial charge in [-0.15, -0.1) is 12.4 Å². The van der Waals surface area contributed by atoms with Gasteiger partial charge in [0.05, 0.1) is 13.2 Å². The number of nitrogens with zero attached hydrogens (tertiary/aromatic N) is 1. The first-order valence-electron chi connectivity index (χ1n) is 9.39. The van der Waals surface area contributed by atoms with Gasteiger partial charge in [-0.25, -0.2) is 0 Å². The molecule has 1 aliphatic heterocycles. The maximum atomic E-state index is 12.2. The van der Waals surface area contributed by atoms with Crippen LogP contribution in [0.25, 0.3) is 11.3 Å². The van der Waals surface area contributed by atoms with E-state index in [0.717, 1.165) is 31.5 Å². The van der Waals surface area contributed by atoms with Gasteiger partial charge in [0, 0.05) is 30.7 Å². The molecule has 3 N–H and O–H groups in total. The summed E-state index contributed by atoms with van der Waals surface area (Å²) < 4.78 is 10.6. The molecule has 1 aliphatic rings. The average Bonchev–Trinajstić information content (AvgIpc) is 3.23. The molecule has 2 heterocycles. The molecule has 0 unspecified atom stereocenters. The van der Waals surface area contributed by atoms with Gasteiger partial charge in [-0.1, -0.05) is 35.5 Å². The van der Waals surface area contributed by atoms with Crippen LogP contribution in [0.2, 0.25) is 0 Å². The molecule has 158 valence electrons. The minimum absolute atomic E-state index is 0. The minimum atomic E-state index is -0.449. The van der Waals surface area contributed by atoms with Crippen LogP contribution in [0.4, 0.5) is 0 Å². The van der Waals surface area contributed by atoms with Gasteiger partial charge < -0.3 is 25.2 Å². The Balaban J connectivity index is 0.00000300. The standard InChI is InChI=1S/C20H26N4O4.ClH/c1-27-14-20(7-9-21-10-8-20)13-23-18(25)12-22-19(26)16-11-17(28-24-16)15-5-3-2-4-6-15;/h2-6,11,21H,7-10,12-14H2,1H3,(H,22,26)(H,23,25);1H. The van der Waals surface area contributed by atoms with E-state index in [4.69, 9.17) is 9.26 Å². The molecule has 9 heteroatoms. The molecule has 0 aliphatic carbocycles. The normalized spacial score (nSPS) is 15.2. The number of aromatic nitrogens is 1. The second-order valence-corrected chi connectivity index (χ2v) is 7.08. The van der Waals surface area contributed by atoms with Gasteiger partial charge in [0.2, 0.25) is 5.91 Å². The van der Waals surface area contributed by atoms with Crippen LogP contribution < -0.4 is 16.0 Å². The van der Waals surface area contributed by atoms with Crippen molar-refractivity contribution in [3.63, 3.8) is 0 Å². The summed E-state index contributed by atoms with van der Waals surface area (Å²) in [6.07, 6.45) is 1.88. The number of carbonyl (C=O) groups is 2. The number of hydrogen-bond acceptors (Lipinski definition) is 6. The van der Waals surface area contributed by atoms with Gasteiger partial charge in [0.1, 0.15) is 0 Å². The molecule has 0 saturated carbocycles.